The Morgan fingerprint density at radius 1 is 1.26 bits per heavy atom. The Morgan fingerprint density at radius 3 is 2.91 bits per heavy atom. The number of nitrogens with zero attached hydrogens (tertiary/aromatic N) is 1. The number of rotatable bonds is 1. The summed E-state index contributed by atoms with van der Waals surface area (Å²) in [6.45, 7) is 2.48. The van der Waals surface area contributed by atoms with Crippen LogP contribution >= 0.6 is 0 Å². The standard InChI is InChI=1S/C18H23NO4/c1-21-17-13(20)9-18-4-2-5-19(18)6-3-11-7-14-15(23-10-22-14)8-12(11)16(17)18/h7-8,13,16-17,20H,2-6,9-10H2,1H3/t13-,16-,17+,18-/m0/s1. The fourth-order valence-electron chi connectivity index (χ4n) is 5.53. The van der Waals surface area contributed by atoms with Crippen molar-refractivity contribution < 1.29 is 19.3 Å². The number of ether oxygens (including phenoxy) is 3. The van der Waals surface area contributed by atoms with Gasteiger partial charge in [-0.1, -0.05) is 0 Å². The Hall–Kier alpha value is -1.30. The first-order chi connectivity index (χ1) is 11.2. The predicted octanol–water partition coefficient (Wildman–Crippen LogP) is 1.67. The number of benzene rings is 1. The Balaban J connectivity index is 1.70. The van der Waals surface area contributed by atoms with E-state index in [2.05, 4.69) is 17.0 Å². The molecule has 23 heavy (non-hydrogen) atoms. The van der Waals surface area contributed by atoms with Crippen LogP contribution in [-0.4, -0.2) is 54.7 Å². The number of aliphatic hydroxyl groups excluding tert-OH is 1. The molecule has 1 spiro atoms. The first-order valence-corrected chi connectivity index (χ1v) is 8.61. The summed E-state index contributed by atoms with van der Waals surface area (Å²) in [5.41, 5.74) is 2.66. The summed E-state index contributed by atoms with van der Waals surface area (Å²) in [5.74, 6) is 1.89. The molecule has 1 N–H and O–H groups in total. The SMILES string of the molecule is CO[C@@H]1[C@@H](O)C[C@]23CCCN2CCc2cc4c(cc2[C@@H]13)OCO4. The maximum absolute atomic E-state index is 10.7. The lowest BCUT2D eigenvalue weighted by Crippen LogP contribution is -2.46. The fraction of sp³-hybridized carbons (Fsp3) is 0.667. The lowest BCUT2D eigenvalue weighted by Gasteiger charge is -2.39. The molecule has 3 heterocycles. The second-order valence-corrected chi connectivity index (χ2v) is 7.30. The molecule has 4 aliphatic rings. The van der Waals surface area contributed by atoms with E-state index >= 15 is 0 Å². The zero-order valence-electron chi connectivity index (χ0n) is 13.5. The van der Waals surface area contributed by atoms with Crippen LogP contribution in [0.4, 0.5) is 0 Å². The van der Waals surface area contributed by atoms with Gasteiger partial charge < -0.3 is 19.3 Å². The lowest BCUT2D eigenvalue weighted by atomic mass is 9.78. The van der Waals surface area contributed by atoms with Gasteiger partial charge in [0.1, 0.15) is 0 Å². The Bertz CT molecular complexity index is 648. The maximum Gasteiger partial charge on any atom is 0.231 e. The number of aliphatic hydroxyl groups is 1. The van der Waals surface area contributed by atoms with Crippen molar-refractivity contribution in [3.63, 3.8) is 0 Å². The summed E-state index contributed by atoms with van der Waals surface area (Å²) in [5, 5.41) is 10.7. The van der Waals surface area contributed by atoms with Crippen molar-refractivity contribution >= 4 is 0 Å². The van der Waals surface area contributed by atoms with Crippen LogP contribution in [0, 0.1) is 0 Å². The lowest BCUT2D eigenvalue weighted by molar-refractivity contribution is -0.000877. The van der Waals surface area contributed by atoms with Gasteiger partial charge in [-0.05, 0) is 55.5 Å². The summed E-state index contributed by atoms with van der Waals surface area (Å²) in [6, 6.07) is 4.29. The molecular formula is C18H23NO4. The van der Waals surface area contributed by atoms with Gasteiger partial charge in [0.05, 0.1) is 12.2 Å². The summed E-state index contributed by atoms with van der Waals surface area (Å²) in [4.78, 5) is 2.60. The highest BCUT2D eigenvalue weighted by atomic mass is 16.7. The van der Waals surface area contributed by atoms with E-state index in [4.69, 9.17) is 14.2 Å². The molecular weight excluding hydrogens is 294 g/mol. The Kier molecular flexibility index (Phi) is 2.97. The normalized spacial score (nSPS) is 38.1. The van der Waals surface area contributed by atoms with Gasteiger partial charge in [-0.25, -0.2) is 0 Å². The van der Waals surface area contributed by atoms with Crippen LogP contribution in [0.3, 0.4) is 0 Å². The van der Waals surface area contributed by atoms with E-state index in [0.717, 1.165) is 43.9 Å². The van der Waals surface area contributed by atoms with Crippen LogP contribution in [0.1, 0.15) is 36.3 Å². The monoisotopic (exact) mass is 317 g/mol. The molecule has 0 bridgehead atoms. The smallest absolute Gasteiger partial charge is 0.231 e. The number of hydrogen-bond donors (Lipinski definition) is 1. The summed E-state index contributed by atoms with van der Waals surface area (Å²) >= 11 is 0. The molecule has 0 aromatic heterocycles. The van der Waals surface area contributed by atoms with Gasteiger partial charge in [-0.15, -0.1) is 0 Å². The largest absolute Gasteiger partial charge is 0.454 e. The van der Waals surface area contributed by atoms with E-state index in [1.54, 1.807) is 7.11 Å². The van der Waals surface area contributed by atoms with Crippen molar-refractivity contribution in [2.75, 3.05) is 27.0 Å². The molecule has 5 nitrogen and oxygen atoms in total. The van der Waals surface area contributed by atoms with Crippen molar-refractivity contribution in [3.8, 4) is 11.5 Å². The van der Waals surface area contributed by atoms with E-state index < -0.39 is 6.10 Å². The van der Waals surface area contributed by atoms with Gasteiger partial charge in [0.25, 0.3) is 0 Å². The summed E-state index contributed by atoms with van der Waals surface area (Å²) < 4.78 is 17.0. The highest BCUT2D eigenvalue weighted by Gasteiger charge is 2.59. The van der Waals surface area contributed by atoms with E-state index in [0.29, 0.717) is 6.79 Å². The molecule has 0 unspecified atom stereocenters. The third kappa shape index (κ3) is 1.78. The highest BCUT2D eigenvalue weighted by Crippen LogP contribution is 2.56. The van der Waals surface area contributed by atoms with Crippen molar-refractivity contribution in [1.29, 1.82) is 0 Å². The third-order valence-electron chi connectivity index (χ3n) is 6.41. The summed E-state index contributed by atoms with van der Waals surface area (Å²) in [7, 11) is 1.73. The van der Waals surface area contributed by atoms with Gasteiger partial charge in [0, 0.05) is 25.1 Å². The van der Waals surface area contributed by atoms with Crippen molar-refractivity contribution in [2.24, 2.45) is 0 Å². The van der Waals surface area contributed by atoms with E-state index in [1.807, 2.05) is 0 Å². The average Bonchev–Trinajstić information content (AvgIpc) is 3.20. The molecule has 0 amide bonds. The van der Waals surface area contributed by atoms with E-state index in [1.165, 1.54) is 17.5 Å². The molecule has 1 aliphatic carbocycles. The van der Waals surface area contributed by atoms with Crippen LogP contribution in [0.2, 0.25) is 0 Å². The second-order valence-electron chi connectivity index (χ2n) is 7.30. The average molecular weight is 317 g/mol. The molecule has 2 fully saturated rings. The molecule has 5 heteroatoms. The summed E-state index contributed by atoms with van der Waals surface area (Å²) in [6.07, 6.45) is 3.64. The van der Waals surface area contributed by atoms with E-state index in [-0.39, 0.29) is 17.6 Å². The molecule has 1 aromatic rings. The zero-order chi connectivity index (χ0) is 15.6. The minimum Gasteiger partial charge on any atom is -0.454 e. The number of methoxy groups -OCH3 is 1. The first kappa shape index (κ1) is 14.1. The molecule has 1 saturated heterocycles. The fourth-order valence-corrected chi connectivity index (χ4v) is 5.53. The number of fused-ring (bicyclic) bond motifs is 3. The van der Waals surface area contributed by atoms with Gasteiger partial charge in [0.15, 0.2) is 11.5 Å². The molecule has 124 valence electrons. The number of hydrogen-bond acceptors (Lipinski definition) is 5. The third-order valence-corrected chi connectivity index (χ3v) is 6.41. The molecule has 1 aromatic carbocycles. The minimum absolute atomic E-state index is 0.0407. The Morgan fingerprint density at radius 2 is 2.09 bits per heavy atom. The predicted molar refractivity (Wildman–Crippen MR) is 84.0 cm³/mol. The van der Waals surface area contributed by atoms with Gasteiger partial charge in [0.2, 0.25) is 6.79 Å². The van der Waals surface area contributed by atoms with Crippen LogP contribution in [0.5, 0.6) is 11.5 Å². The second kappa shape index (κ2) is 4.85. The van der Waals surface area contributed by atoms with Crippen LogP contribution in [0.15, 0.2) is 12.1 Å². The van der Waals surface area contributed by atoms with Gasteiger partial charge in [-0.3, -0.25) is 4.90 Å². The van der Waals surface area contributed by atoms with Crippen LogP contribution < -0.4 is 9.47 Å². The zero-order valence-corrected chi connectivity index (χ0v) is 13.5. The molecule has 3 aliphatic heterocycles. The van der Waals surface area contributed by atoms with E-state index in [9.17, 15) is 5.11 Å². The maximum atomic E-state index is 10.7. The minimum atomic E-state index is -0.401. The first-order valence-electron chi connectivity index (χ1n) is 8.61. The molecule has 5 rings (SSSR count). The molecule has 1 saturated carbocycles. The Labute approximate surface area is 136 Å². The van der Waals surface area contributed by atoms with Crippen molar-refractivity contribution in [2.45, 2.75) is 49.3 Å². The topological polar surface area (TPSA) is 51.2 Å². The quantitative estimate of drug-likeness (QED) is 0.854. The van der Waals surface area contributed by atoms with Gasteiger partial charge in [-0.2, -0.15) is 0 Å². The molecule has 0 radical (unpaired) electrons. The van der Waals surface area contributed by atoms with Crippen molar-refractivity contribution in [1.82, 2.24) is 4.90 Å². The van der Waals surface area contributed by atoms with Crippen LogP contribution in [0.25, 0.3) is 0 Å². The molecule has 4 atom stereocenters. The van der Waals surface area contributed by atoms with Gasteiger partial charge >= 0.3 is 0 Å². The highest BCUT2D eigenvalue weighted by molar-refractivity contribution is 5.52. The van der Waals surface area contributed by atoms with Crippen LogP contribution in [-0.2, 0) is 11.2 Å². The van der Waals surface area contributed by atoms with Crippen molar-refractivity contribution in [3.05, 3.63) is 23.3 Å².